The molecule has 0 radical (unpaired) electrons. The van der Waals surface area contributed by atoms with E-state index in [1.807, 2.05) is 4.72 Å². The van der Waals surface area contributed by atoms with Gasteiger partial charge in [-0.2, -0.15) is 4.33 Å². The maximum atomic E-state index is 13.1. The lowest BCUT2D eigenvalue weighted by molar-refractivity contribution is -0.160. The molecule has 2 heterocycles. The standard InChI is InChI=1S/C20H14Cl2N4O6S3/c1-31-32-34-12-3-4-15-13(9-12)19(27)26(10-23-15)16-5-2-11(8-14(16)21)24-20(28)25-35(29,30)18-7-6-17(22)33-18/h2-10H,1H3,(H2,24,25,28). The van der Waals surface area contributed by atoms with Crippen LogP contribution < -0.4 is 15.6 Å². The molecular weight excluding hydrogens is 559 g/mol. The Hall–Kier alpha value is -2.65. The number of hydrogen-bond donors (Lipinski definition) is 2. The van der Waals surface area contributed by atoms with E-state index in [0.29, 0.717) is 21.5 Å². The molecule has 182 valence electrons. The molecule has 2 aromatic carbocycles. The third kappa shape index (κ3) is 5.78. The van der Waals surface area contributed by atoms with Crippen LogP contribution in [0.25, 0.3) is 16.6 Å². The summed E-state index contributed by atoms with van der Waals surface area (Å²) in [4.78, 5) is 34.8. The monoisotopic (exact) mass is 572 g/mol. The summed E-state index contributed by atoms with van der Waals surface area (Å²) in [6.45, 7) is 0. The van der Waals surface area contributed by atoms with Gasteiger partial charge in [0, 0.05) is 10.6 Å². The van der Waals surface area contributed by atoms with Crippen molar-refractivity contribution in [3.05, 3.63) is 74.6 Å². The predicted octanol–water partition coefficient (Wildman–Crippen LogP) is 4.85. The number of fused-ring (bicyclic) bond motifs is 1. The minimum absolute atomic E-state index is 0.107. The maximum Gasteiger partial charge on any atom is 0.333 e. The number of rotatable bonds is 7. The van der Waals surface area contributed by atoms with Crippen LogP contribution in [-0.2, 0) is 19.2 Å². The topological polar surface area (TPSA) is 129 Å². The molecular formula is C20H14Cl2N4O6S3. The molecule has 0 aliphatic heterocycles. The number of carbonyl (C=O) groups is 1. The van der Waals surface area contributed by atoms with Crippen LogP contribution in [0, 0.1) is 0 Å². The van der Waals surface area contributed by atoms with Crippen LogP contribution in [0.15, 0.2) is 68.8 Å². The third-order valence-electron chi connectivity index (χ3n) is 4.43. The largest absolute Gasteiger partial charge is 0.333 e. The van der Waals surface area contributed by atoms with Crippen LogP contribution in [0.4, 0.5) is 10.5 Å². The minimum Gasteiger partial charge on any atom is -0.307 e. The highest BCUT2D eigenvalue weighted by molar-refractivity contribution is 7.94. The number of thiophene rings is 1. The number of halogens is 2. The third-order valence-corrected chi connectivity index (χ3v) is 8.44. The van der Waals surface area contributed by atoms with Gasteiger partial charge in [0.25, 0.3) is 15.6 Å². The molecule has 0 saturated heterocycles. The van der Waals surface area contributed by atoms with Crippen LogP contribution in [0.5, 0.6) is 0 Å². The van der Waals surface area contributed by atoms with Gasteiger partial charge in [0.2, 0.25) is 0 Å². The zero-order valence-electron chi connectivity index (χ0n) is 17.5. The number of amides is 2. The van der Waals surface area contributed by atoms with Crippen LogP contribution in [0.1, 0.15) is 0 Å². The first-order valence-electron chi connectivity index (χ1n) is 9.46. The van der Waals surface area contributed by atoms with Crippen LogP contribution in [-0.4, -0.2) is 31.1 Å². The second-order valence-corrected chi connectivity index (χ2v) is 11.5. The lowest BCUT2D eigenvalue weighted by Gasteiger charge is -2.12. The average molecular weight is 573 g/mol. The van der Waals surface area contributed by atoms with Gasteiger partial charge in [-0.3, -0.25) is 9.36 Å². The van der Waals surface area contributed by atoms with Crippen molar-refractivity contribution >= 4 is 79.2 Å². The van der Waals surface area contributed by atoms with Gasteiger partial charge in [-0.1, -0.05) is 23.2 Å². The molecule has 0 unspecified atom stereocenters. The zero-order chi connectivity index (χ0) is 25.2. The number of hydrogen-bond acceptors (Lipinski definition) is 9. The summed E-state index contributed by atoms with van der Waals surface area (Å²) in [5, 5.41) is 2.84. The summed E-state index contributed by atoms with van der Waals surface area (Å²) in [5.74, 6) is 0. The average Bonchev–Trinajstić information content (AvgIpc) is 3.26. The van der Waals surface area contributed by atoms with E-state index >= 15 is 0 Å². The fourth-order valence-corrected chi connectivity index (χ4v) is 6.05. The van der Waals surface area contributed by atoms with Gasteiger partial charge in [-0.15, -0.1) is 11.3 Å². The lowest BCUT2D eigenvalue weighted by atomic mass is 10.2. The molecule has 0 atom stereocenters. The Bertz CT molecular complexity index is 1590. The number of sulfonamides is 1. The number of anilines is 1. The first-order valence-corrected chi connectivity index (χ1v) is 13.3. The van der Waals surface area contributed by atoms with E-state index in [9.17, 15) is 18.0 Å². The molecule has 4 aromatic rings. The molecule has 15 heteroatoms. The van der Waals surface area contributed by atoms with Gasteiger partial charge >= 0.3 is 6.03 Å². The van der Waals surface area contributed by atoms with E-state index in [1.165, 1.54) is 48.3 Å². The van der Waals surface area contributed by atoms with E-state index in [0.717, 1.165) is 23.4 Å². The highest BCUT2D eigenvalue weighted by atomic mass is 35.5. The van der Waals surface area contributed by atoms with Gasteiger partial charge in [-0.25, -0.2) is 27.8 Å². The summed E-state index contributed by atoms with van der Waals surface area (Å²) in [7, 11) is -2.72. The smallest absolute Gasteiger partial charge is 0.307 e. The summed E-state index contributed by atoms with van der Waals surface area (Å²) >= 11 is 13.9. The number of carbonyl (C=O) groups excluding carboxylic acids is 1. The van der Waals surface area contributed by atoms with Crippen LogP contribution >= 0.6 is 46.6 Å². The molecule has 10 nitrogen and oxygen atoms in total. The minimum atomic E-state index is -4.09. The molecule has 0 aliphatic carbocycles. The highest BCUT2D eigenvalue weighted by Crippen LogP contribution is 2.27. The van der Waals surface area contributed by atoms with E-state index in [2.05, 4.69) is 15.2 Å². The molecule has 0 fully saturated rings. The molecule has 2 N–H and O–H groups in total. The van der Waals surface area contributed by atoms with Crippen LogP contribution in [0.3, 0.4) is 0 Å². The second-order valence-electron chi connectivity index (χ2n) is 6.70. The van der Waals surface area contributed by atoms with E-state index in [4.69, 9.17) is 27.5 Å². The number of urea groups is 1. The van der Waals surface area contributed by atoms with E-state index < -0.39 is 16.1 Å². The Balaban J connectivity index is 1.56. The highest BCUT2D eigenvalue weighted by Gasteiger charge is 2.20. The van der Waals surface area contributed by atoms with Crippen LogP contribution in [0.2, 0.25) is 9.36 Å². The summed E-state index contributed by atoms with van der Waals surface area (Å²) in [5.41, 5.74) is 0.611. The normalized spacial score (nSPS) is 11.5. The van der Waals surface area contributed by atoms with Crippen molar-refractivity contribution in [1.29, 1.82) is 0 Å². The fourth-order valence-electron chi connectivity index (χ4n) is 2.95. The fraction of sp³-hybridized carbons (Fsp3) is 0.0500. The maximum absolute atomic E-state index is 13.1. The Morgan fingerprint density at radius 2 is 1.94 bits per heavy atom. The molecule has 0 aliphatic rings. The zero-order valence-corrected chi connectivity index (χ0v) is 21.5. The van der Waals surface area contributed by atoms with Crippen molar-refractivity contribution < 1.29 is 22.4 Å². The quantitative estimate of drug-likeness (QED) is 0.183. The number of benzene rings is 2. The summed E-state index contributed by atoms with van der Waals surface area (Å²) in [6, 6.07) is 11.1. The van der Waals surface area contributed by atoms with Crippen molar-refractivity contribution in [2.75, 3.05) is 12.4 Å². The SMILES string of the molecule is COOSc1ccc2ncn(-c3ccc(NC(=O)NS(=O)(=O)c4ccc(Cl)s4)cc3Cl)c(=O)c2c1. The predicted molar refractivity (Wildman–Crippen MR) is 135 cm³/mol. The van der Waals surface area contributed by atoms with Crippen molar-refractivity contribution in [3.8, 4) is 5.69 Å². The van der Waals surface area contributed by atoms with Gasteiger partial charge in [0.05, 0.1) is 45.1 Å². The molecule has 0 bridgehead atoms. The molecule has 2 aromatic heterocycles. The van der Waals surface area contributed by atoms with Crippen molar-refractivity contribution in [1.82, 2.24) is 14.3 Å². The molecule has 35 heavy (non-hydrogen) atoms. The molecule has 0 saturated carbocycles. The van der Waals surface area contributed by atoms with Crippen molar-refractivity contribution in [2.45, 2.75) is 9.10 Å². The van der Waals surface area contributed by atoms with Crippen molar-refractivity contribution in [3.63, 3.8) is 0 Å². The summed E-state index contributed by atoms with van der Waals surface area (Å²) in [6.07, 6.45) is 1.34. The molecule has 0 spiro atoms. The summed E-state index contributed by atoms with van der Waals surface area (Å²) < 4.78 is 32.7. The molecule has 4 rings (SSSR count). The van der Waals surface area contributed by atoms with Gasteiger partial charge in [-0.05, 0) is 48.5 Å². The Kier molecular flexibility index (Phi) is 7.66. The Labute approximate surface area is 217 Å². The van der Waals surface area contributed by atoms with Gasteiger partial charge < -0.3 is 5.32 Å². The van der Waals surface area contributed by atoms with Gasteiger partial charge in [0.1, 0.15) is 10.5 Å². The Morgan fingerprint density at radius 1 is 1.14 bits per heavy atom. The van der Waals surface area contributed by atoms with Gasteiger partial charge in [0.15, 0.2) is 0 Å². The number of nitrogens with one attached hydrogen (secondary N) is 2. The first kappa shape index (κ1) is 25.4. The lowest BCUT2D eigenvalue weighted by Crippen LogP contribution is -2.33. The second kappa shape index (κ2) is 10.5. The van der Waals surface area contributed by atoms with Crippen molar-refractivity contribution in [2.24, 2.45) is 0 Å². The number of aromatic nitrogens is 2. The molecule has 2 amide bonds. The first-order chi connectivity index (χ1) is 16.7. The Morgan fingerprint density at radius 3 is 2.63 bits per heavy atom. The van der Waals surface area contributed by atoms with E-state index in [1.54, 1.807) is 18.2 Å². The van der Waals surface area contributed by atoms with E-state index in [-0.39, 0.29) is 24.8 Å². The number of nitrogens with zero attached hydrogens (tertiary/aromatic N) is 2.